The molecule has 1 N–H and O–H groups in total. The van der Waals surface area contributed by atoms with Gasteiger partial charge in [-0.3, -0.25) is 4.79 Å². The largest absolute Gasteiger partial charge is 0.469 e. The fraction of sp³-hybridized carbons (Fsp3) is 0.333. The van der Waals surface area contributed by atoms with Crippen molar-refractivity contribution in [2.24, 2.45) is 7.05 Å². The van der Waals surface area contributed by atoms with Gasteiger partial charge in [-0.15, -0.1) is 0 Å². The van der Waals surface area contributed by atoms with Crippen LogP contribution in [0.25, 0.3) is 5.65 Å². The number of hydrogen-bond acceptors (Lipinski definition) is 3. The van der Waals surface area contributed by atoms with Crippen molar-refractivity contribution in [2.75, 3.05) is 0 Å². The highest BCUT2D eigenvalue weighted by Crippen LogP contribution is 2.11. The second-order valence-electron chi connectivity index (χ2n) is 5.23. The summed E-state index contributed by atoms with van der Waals surface area (Å²) < 4.78 is 8.88. The molecule has 3 heterocycles. The van der Waals surface area contributed by atoms with Gasteiger partial charge in [0, 0.05) is 31.9 Å². The van der Waals surface area contributed by atoms with Gasteiger partial charge in [-0.25, -0.2) is 4.52 Å². The maximum atomic E-state index is 12.3. The Morgan fingerprint density at radius 2 is 2.33 bits per heavy atom. The third-order valence-corrected chi connectivity index (χ3v) is 3.56. The summed E-state index contributed by atoms with van der Waals surface area (Å²) in [7, 11) is 1.90. The van der Waals surface area contributed by atoms with E-state index in [2.05, 4.69) is 10.4 Å². The number of carbonyl (C=O) groups excluding carboxylic acids is 1. The Morgan fingerprint density at radius 1 is 1.48 bits per heavy atom. The first-order chi connectivity index (χ1) is 10.1. The average Bonchev–Trinajstić information content (AvgIpc) is 3.15. The van der Waals surface area contributed by atoms with E-state index < -0.39 is 0 Å². The molecule has 1 amide bonds. The van der Waals surface area contributed by atoms with E-state index in [1.54, 1.807) is 17.0 Å². The highest BCUT2D eigenvalue weighted by Gasteiger charge is 2.17. The van der Waals surface area contributed by atoms with Crippen LogP contribution in [-0.4, -0.2) is 26.1 Å². The topological polar surface area (TPSA) is 64.5 Å². The predicted octanol–water partition coefficient (Wildman–Crippen LogP) is 2.02. The molecule has 21 heavy (non-hydrogen) atoms. The number of fused-ring (bicyclic) bond motifs is 1. The first-order valence-electron chi connectivity index (χ1n) is 6.97. The molecular weight excluding hydrogens is 268 g/mol. The van der Waals surface area contributed by atoms with Gasteiger partial charge in [0.15, 0.2) is 0 Å². The van der Waals surface area contributed by atoms with Gasteiger partial charge >= 0.3 is 0 Å². The first-order valence-corrected chi connectivity index (χ1v) is 6.97. The summed E-state index contributed by atoms with van der Waals surface area (Å²) in [4.78, 5) is 12.3. The lowest BCUT2D eigenvalue weighted by molar-refractivity contribution is 0.0939. The van der Waals surface area contributed by atoms with Crippen molar-refractivity contribution in [3.05, 3.63) is 48.3 Å². The molecule has 0 spiro atoms. The van der Waals surface area contributed by atoms with Crippen molar-refractivity contribution in [2.45, 2.75) is 25.8 Å². The van der Waals surface area contributed by atoms with Crippen LogP contribution in [0, 0.1) is 0 Å². The zero-order chi connectivity index (χ0) is 14.8. The molecule has 6 nitrogen and oxygen atoms in total. The lowest BCUT2D eigenvalue weighted by Crippen LogP contribution is -2.33. The first kappa shape index (κ1) is 13.5. The molecule has 110 valence electrons. The highest BCUT2D eigenvalue weighted by molar-refractivity contribution is 5.99. The van der Waals surface area contributed by atoms with Crippen molar-refractivity contribution in [3.63, 3.8) is 0 Å². The standard InChI is InChI=1S/C15H18N4O2/c1-11(5-6-12-4-3-9-21-12)17-14(20)13-10-16-19-8-7-18(2)15(13)19/h3-4,7-11H,5-6H2,1-2H3,(H,17,20). The van der Waals surface area contributed by atoms with Crippen LogP contribution < -0.4 is 5.32 Å². The minimum atomic E-state index is -0.0984. The van der Waals surface area contributed by atoms with E-state index in [1.165, 1.54) is 0 Å². The fourth-order valence-electron chi connectivity index (χ4n) is 2.40. The number of nitrogens with zero attached hydrogens (tertiary/aromatic N) is 3. The molecular formula is C15H18N4O2. The number of imidazole rings is 1. The smallest absolute Gasteiger partial charge is 0.256 e. The number of furan rings is 1. The van der Waals surface area contributed by atoms with Gasteiger partial charge in [-0.1, -0.05) is 0 Å². The van der Waals surface area contributed by atoms with Crippen molar-refractivity contribution < 1.29 is 9.21 Å². The molecule has 0 radical (unpaired) electrons. The van der Waals surface area contributed by atoms with Crippen LogP contribution in [0.5, 0.6) is 0 Å². The maximum Gasteiger partial charge on any atom is 0.256 e. The van der Waals surface area contributed by atoms with E-state index in [0.29, 0.717) is 5.56 Å². The predicted molar refractivity (Wildman–Crippen MR) is 78.1 cm³/mol. The number of aryl methyl sites for hydroxylation is 2. The van der Waals surface area contributed by atoms with E-state index in [1.807, 2.05) is 43.1 Å². The maximum absolute atomic E-state index is 12.3. The third kappa shape index (κ3) is 2.69. The van der Waals surface area contributed by atoms with Crippen LogP contribution in [0.1, 0.15) is 29.5 Å². The van der Waals surface area contributed by atoms with Crippen LogP contribution in [0.2, 0.25) is 0 Å². The van der Waals surface area contributed by atoms with E-state index in [0.717, 1.165) is 24.2 Å². The fourth-order valence-corrected chi connectivity index (χ4v) is 2.40. The third-order valence-electron chi connectivity index (χ3n) is 3.56. The molecule has 0 saturated heterocycles. The summed E-state index contributed by atoms with van der Waals surface area (Å²) in [5, 5.41) is 7.18. The van der Waals surface area contributed by atoms with E-state index in [-0.39, 0.29) is 11.9 Å². The van der Waals surface area contributed by atoms with Gasteiger partial charge < -0.3 is 14.3 Å². The van der Waals surface area contributed by atoms with Crippen molar-refractivity contribution in [1.29, 1.82) is 0 Å². The van der Waals surface area contributed by atoms with Gasteiger partial charge in [-0.05, 0) is 25.5 Å². The molecule has 3 rings (SSSR count). The lowest BCUT2D eigenvalue weighted by Gasteiger charge is -2.12. The van der Waals surface area contributed by atoms with E-state index in [9.17, 15) is 4.79 Å². The average molecular weight is 286 g/mol. The zero-order valence-corrected chi connectivity index (χ0v) is 12.1. The Kier molecular flexibility index (Phi) is 3.51. The molecule has 0 bridgehead atoms. The summed E-state index contributed by atoms with van der Waals surface area (Å²) >= 11 is 0. The minimum absolute atomic E-state index is 0.0674. The Bertz CT molecular complexity index is 739. The van der Waals surface area contributed by atoms with Crippen LogP contribution >= 0.6 is 0 Å². The Labute approximate surface area is 122 Å². The summed E-state index contributed by atoms with van der Waals surface area (Å²) in [6, 6.07) is 3.88. The monoisotopic (exact) mass is 286 g/mol. The lowest BCUT2D eigenvalue weighted by atomic mass is 10.1. The Balaban J connectivity index is 1.64. The van der Waals surface area contributed by atoms with Crippen LogP contribution in [-0.2, 0) is 13.5 Å². The summed E-state index contributed by atoms with van der Waals surface area (Å²) in [5.74, 6) is 0.838. The van der Waals surface area contributed by atoms with Crippen LogP contribution in [0.3, 0.4) is 0 Å². The Hall–Kier alpha value is -2.50. The SMILES string of the molecule is CC(CCc1ccco1)NC(=O)c1cnn2ccn(C)c12. The number of hydrogen-bond donors (Lipinski definition) is 1. The second kappa shape index (κ2) is 5.47. The van der Waals surface area contributed by atoms with Crippen LogP contribution in [0.4, 0.5) is 0 Å². The highest BCUT2D eigenvalue weighted by atomic mass is 16.3. The molecule has 3 aromatic rings. The van der Waals surface area contributed by atoms with E-state index >= 15 is 0 Å². The van der Waals surface area contributed by atoms with Crippen molar-refractivity contribution in [3.8, 4) is 0 Å². The molecule has 6 heteroatoms. The van der Waals surface area contributed by atoms with Gasteiger partial charge in [0.05, 0.1) is 12.5 Å². The van der Waals surface area contributed by atoms with Crippen LogP contribution in [0.15, 0.2) is 41.4 Å². The number of nitrogens with one attached hydrogen (secondary N) is 1. The van der Waals surface area contributed by atoms with Gasteiger partial charge in [0.1, 0.15) is 17.0 Å². The molecule has 0 aliphatic heterocycles. The van der Waals surface area contributed by atoms with Gasteiger partial charge in [0.25, 0.3) is 5.91 Å². The summed E-state index contributed by atoms with van der Waals surface area (Å²) in [6.45, 7) is 1.99. The number of amides is 1. The van der Waals surface area contributed by atoms with Gasteiger partial charge in [-0.2, -0.15) is 5.10 Å². The summed E-state index contributed by atoms with van der Waals surface area (Å²) in [6.07, 6.45) is 8.60. The molecule has 0 saturated carbocycles. The molecule has 3 aromatic heterocycles. The van der Waals surface area contributed by atoms with E-state index in [4.69, 9.17) is 4.42 Å². The molecule has 1 unspecified atom stereocenters. The molecule has 1 atom stereocenters. The number of rotatable bonds is 5. The molecule has 0 aliphatic rings. The molecule has 0 fully saturated rings. The van der Waals surface area contributed by atoms with Crippen molar-refractivity contribution in [1.82, 2.24) is 19.5 Å². The summed E-state index contributed by atoms with van der Waals surface area (Å²) in [5.41, 5.74) is 1.39. The minimum Gasteiger partial charge on any atom is -0.469 e. The quantitative estimate of drug-likeness (QED) is 0.780. The van der Waals surface area contributed by atoms with Crippen molar-refractivity contribution >= 4 is 11.6 Å². The normalized spacial score (nSPS) is 12.7. The Morgan fingerprint density at radius 3 is 3.10 bits per heavy atom. The van der Waals surface area contributed by atoms with Gasteiger partial charge in [0.2, 0.25) is 0 Å². The number of carbonyl (C=O) groups is 1. The molecule has 0 aliphatic carbocycles. The zero-order valence-electron chi connectivity index (χ0n) is 12.1. The molecule has 0 aromatic carbocycles. The second-order valence-corrected chi connectivity index (χ2v) is 5.23. The number of aromatic nitrogens is 3.